The third kappa shape index (κ3) is 8.07. The maximum atomic E-state index is 11.7. The van der Waals surface area contributed by atoms with E-state index in [4.69, 9.17) is 22.1 Å². The van der Waals surface area contributed by atoms with Crippen LogP contribution in [0.5, 0.6) is 0 Å². The number of hydrogen-bond donors (Lipinski definition) is 1. The van der Waals surface area contributed by atoms with E-state index in [1.165, 1.54) is 32.1 Å². The summed E-state index contributed by atoms with van der Waals surface area (Å²) in [6.07, 6.45) is 11.9. The van der Waals surface area contributed by atoms with Crippen molar-refractivity contribution in [1.82, 2.24) is 4.90 Å². The van der Waals surface area contributed by atoms with Gasteiger partial charge in [-0.05, 0) is 12.5 Å². The van der Waals surface area contributed by atoms with E-state index in [0.29, 0.717) is 17.0 Å². The maximum Gasteiger partial charge on any atom is 0.307 e. The predicted octanol–water partition coefficient (Wildman–Crippen LogP) is 3.44. The number of allylic oxidation sites excluding steroid dienone is 2. The fourth-order valence-corrected chi connectivity index (χ4v) is 2.55. The van der Waals surface area contributed by atoms with Gasteiger partial charge >= 0.3 is 5.97 Å². The van der Waals surface area contributed by atoms with E-state index in [2.05, 4.69) is 6.92 Å². The predicted molar refractivity (Wildman–Crippen MR) is 91.5 cm³/mol. The summed E-state index contributed by atoms with van der Waals surface area (Å²) in [4.78, 5) is 24.6. The summed E-state index contributed by atoms with van der Waals surface area (Å²) in [6, 6.07) is 0. The zero-order valence-corrected chi connectivity index (χ0v) is 14.6. The topological polar surface area (TPSA) is 72.6 Å². The van der Waals surface area contributed by atoms with Crippen molar-refractivity contribution in [1.29, 1.82) is 0 Å². The Balaban J connectivity index is 2.13. The molecular formula is C17H27ClN2O3. The zero-order valence-electron chi connectivity index (χ0n) is 13.9. The Hall–Kier alpha value is -1.49. The lowest BCUT2D eigenvalue weighted by Crippen LogP contribution is -2.31. The SMILES string of the molecule is CCCCCCCCCC(=O)OCN1C=CC(Cl)=C(C(N)=O)C1. The molecule has 1 amide bonds. The van der Waals surface area contributed by atoms with Gasteiger partial charge in [-0.1, -0.05) is 57.0 Å². The lowest BCUT2D eigenvalue weighted by Gasteiger charge is -2.24. The second-order valence-electron chi connectivity index (χ2n) is 5.77. The molecule has 1 rings (SSSR count). The molecule has 130 valence electrons. The highest BCUT2D eigenvalue weighted by Gasteiger charge is 2.17. The summed E-state index contributed by atoms with van der Waals surface area (Å²) in [5, 5.41) is 0.336. The van der Waals surface area contributed by atoms with Crippen molar-refractivity contribution in [2.24, 2.45) is 5.73 Å². The minimum Gasteiger partial charge on any atom is -0.444 e. The van der Waals surface area contributed by atoms with Gasteiger partial charge in [-0.15, -0.1) is 0 Å². The second-order valence-corrected chi connectivity index (χ2v) is 6.18. The zero-order chi connectivity index (χ0) is 17.1. The molecule has 5 nitrogen and oxygen atoms in total. The highest BCUT2D eigenvalue weighted by molar-refractivity contribution is 6.33. The number of primary amides is 1. The van der Waals surface area contributed by atoms with Gasteiger partial charge in [0, 0.05) is 12.6 Å². The van der Waals surface area contributed by atoms with Gasteiger partial charge in [0.25, 0.3) is 0 Å². The van der Waals surface area contributed by atoms with Gasteiger partial charge in [0.15, 0.2) is 6.73 Å². The summed E-state index contributed by atoms with van der Waals surface area (Å²) < 4.78 is 5.21. The van der Waals surface area contributed by atoms with Crippen molar-refractivity contribution in [2.75, 3.05) is 13.3 Å². The molecule has 0 saturated carbocycles. The van der Waals surface area contributed by atoms with Crippen LogP contribution in [0.3, 0.4) is 0 Å². The molecule has 0 aliphatic carbocycles. The van der Waals surface area contributed by atoms with E-state index in [9.17, 15) is 9.59 Å². The van der Waals surface area contributed by atoms with Crippen LogP contribution in [0.4, 0.5) is 0 Å². The molecular weight excluding hydrogens is 316 g/mol. The van der Waals surface area contributed by atoms with E-state index >= 15 is 0 Å². The molecule has 0 fully saturated rings. The number of hydrogen-bond acceptors (Lipinski definition) is 4. The number of nitrogens with zero attached hydrogens (tertiary/aromatic N) is 1. The van der Waals surface area contributed by atoms with E-state index in [1.807, 2.05) is 0 Å². The molecule has 0 bridgehead atoms. The molecule has 0 aromatic heterocycles. The van der Waals surface area contributed by atoms with Gasteiger partial charge in [0.05, 0.1) is 17.2 Å². The van der Waals surface area contributed by atoms with Crippen LogP contribution in [-0.4, -0.2) is 30.1 Å². The summed E-state index contributed by atoms with van der Waals surface area (Å²) in [5.74, 6) is -0.771. The molecule has 6 heteroatoms. The van der Waals surface area contributed by atoms with E-state index in [0.717, 1.165) is 12.8 Å². The van der Waals surface area contributed by atoms with Crippen LogP contribution < -0.4 is 5.73 Å². The van der Waals surface area contributed by atoms with Crippen molar-refractivity contribution in [3.05, 3.63) is 22.9 Å². The number of carbonyl (C=O) groups excluding carboxylic acids is 2. The standard InChI is InChI=1S/C17H27ClN2O3/c1-2-3-4-5-6-7-8-9-16(21)23-13-20-11-10-15(18)14(12-20)17(19)22/h10-11H,2-9,12-13H2,1H3,(H2,19,22). The van der Waals surface area contributed by atoms with Crippen LogP contribution in [0.25, 0.3) is 0 Å². The first-order chi connectivity index (χ1) is 11.0. The molecule has 0 aromatic rings. The number of esters is 1. The number of halogens is 1. The molecule has 2 N–H and O–H groups in total. The smallest absolute Gasteiger partial charge is 0.307 e. The Labute approximate surface area is 143 Å². The van der Waals surface area contributed by atoms with Gasteiger partial charge < -0.3 is 15.4 Å². The molecule has 1 aliphatic heterocycles. The number of nitrogens with two attached hydrogens (primary N) is 1. The highest BCUT2D eigenvalue weighted by atomic mass is 35.5. The van der Waals surface area contributed by atoms with Gasteiger partial charge in [0.2, 0.25) is 5.91 Å². The molecule has 0 unspecified atom stereocenters. The van der Waals surface area contributed by atoms with E-state index in [-0.39, 0.29) is 19.2 Å². The Bertz CT molecular complexity index is 461. The van der Waals surface area contributed by atoms with Crippen molar-refractivity contribution in [3.63, 3.8) is 0 Å². The van der Waals surface area contributed by atoms with Crippen molar-refractivity contribution < 1.29 is 14.3 Å². The highest BCUT2D eigenvalue weighted by Crippen LogP contribution is 2.18. The molecule has 0 spiro atoms. The van der Waals surface area contributed by atoms with Gasteiger partial charge in [-0.3, -0.25) is 9.59 Å². The number of unbranched alkanes of at least 4 members (excludes halogenated alkanes) is 6. The average molecular weight is 343 g/mol. The van der Waals surface area contributed by atoms with Crippen LogP contribution in [0.15, 0.2) is 22.9 Å². The normalized spacial score (nSPS) is 14.3. The van der Waals surface area contributed by atoms with Crippen LogP contribution in [-0.2, 0) is 14.3 Å². The Morgan fingerprint density at radius 1 is 1.22 bits per heavy atom. The van der Waals surface area contributed by atoms with Gasteiger partial charge in [-0.25, -0.2) is 0 Å². The largest absolute Gasteiger partial charge is 0.444 e. The molecule has 0 atom stereocenters. The first-order valence-corrected chi connectivity index (χ1v) is 8.68. The van der Waals surface area contributed by atoms with Crippen LogP contribution >= 0.6 is 11.6 Å². The fraction of sp³-hybridized carbons (Fsp3) is 0.647. The first-order valence-electron chi connectivity index (χ1n) is 8.31. The summed E-state index contributed by atoms with van der Waals surface area (Å²) in [6.45, 7) is 2.56. The lowest BCUT2D eigenvalue weighted by atomic mass is 10.1. The molecule has 0 aromatic carbocycles. The monoisotopic (exact) mass is 342 g/mol. The number of ether oxygens (including phenoxy) is 1. The third-order valence-electron chi connectivity index (χ3n) is 3.75. The van der Waals surface area contributed by atoms with Crippen molar-refractivity contribution in [2.45, 2.75) is 58.3 Å². The minimum atomic E-state index is -0.557. The number of carbonyl (C=O) groups is 2. The summed E-state index contributed by atoms with van der Waals surface area (Å²) in [5.41, 5.74) is 5.58. The Morgan fingerprint density at radius 2 is 1.87 bits per heavy atom. The molecule has 0 saturated heterocycles. The lowest BCUT2D eigenvalue weighted by molar-refractivity contribution is -0.147. The van der Waals surface area contributed by atoms with Crippen molar-refractivity contribution >= 4 is 23.5 Å². The fourth-order valence-electron chi connectivity index (χ4n) is 2.34. The molecule has 1 aliphatic rings. The first kappa shape index (κ1) is 19.6. The minimum absolute atomic E-state index is 0.104. The summed E-state index contributed by atoms with van der Waals surface area (Å²) in [7, 11) is 0. The quantitative estimate of drug-likeness (QED) is 0.461. The third-order valence-corrected chi connectivity index (χ3v) is 4.11. The molecule has 23 heavy (non-hydrogen) atoms. The Morgan fingerprint density at radius 3 is 2.52 bits per heavy atom. The van der Waals surface area contributed by atoms with E-state index < -0.39 is 5.91 Å². The number of amides is 1. The second kappa shape index (κ2) is 11.1. The van der Waals surface area contributed by atoms with Crippen molar-refractivity contribution in [3.8, 4) is 0 Å². The Kier molecular flexibility index (Phi) is 9.45. The average Bonchev–Trinajstić information content (AvgIpc) is 2.53. The van der Waals surface area contributed by atoms with Gasteiger partial charge in [-0.2, -0.15) is 0 Å². The molecule has 0 radical (unpaired) electrons. The van der Waals surface area contributed by atoms with Crippen LogP contribution in [0.1, 0.15) is 58.3 Å². The maximum absolute atomic E-state index is 11.7. The molecule has 1 heterocycles. The van der Waals surface area contributed by atoms with Crippen LogP contribution in [0, 0.1) is 0 Å². The van der Waals surface area contributed by atoms with Crippen LogP contribution in [0.2, 0.25) is 0 Å². The summed E-state index contributed by atoms with van der Waals surface area (Å²) >= 11 is 5.89. The number of rotatable bonds is 11. The van der Waals surface area contributed by atoms with E-state index in [1.54, 1.807) is 17.2 Å². The van der Waals surface area contributed by atoms with Gasteiger partial charge in [0.1, 0.15) is 0 Å².